The first-order valence-corrected chi connectivity index (χ1v) is 7.00. The highest BCUT2D eigenvalue weighted by molar-refractivity contribution is 7.18. The smallest absolute Gasteiger partial charge is 0.206 e. The number of rotatable bonds is 4. The quantitative estimate of drug-likeness (QED) is 0.788. The molecule has 0 radical (unpaired) electrons. The molecule has 0 saturated carbocycles. The van der Waals surface area contributed by atoms with Crippen LogP contribution in [0.15, 0.2) is 54.6 Å². The molecule has 1 aromatic heterocycles. The van der Waals surface area contributed by atoms with Gasteiger partial charge in [-0.3, -0.25) is 0 Å². The lowest BCUT2D eigenvalue weighted by Gasteiger charge is -2.01. The maximum absolute atomic E-state index is 12.9. The molecule has 0 fully saturated rings. The molecule has 1 heterocycles. The molecule has 0 amide bonds. The van der Waals surface area contributed by atoms with Crippen molar-refractivity contribution in [2.75, 3.05) is 5.32 Å². The van der Waals surface area contributed by atoms with Gasteiger partial charge in [-0.1, -0.05) is 41.7 Å². The summed E-state index contributed by atoms with van der Waals surface area (Å²) >= 11 is 1.46. The fourth-order valence-electron chi connectivity index (χ4n) is 1.78. The second-order valence-corrected chi connectivity index (χ2v) is 5.24. The van der Waals surface area contributed by atoms with E-state index in [0.29, 0.717) is 6.54 Å². The molecule has 3 aromatic rings. The first-order chi connectivity index (χ1) is 9.81. The van der Waals surface area contributed by atoms with Crippen molar-refractivity contribution in [1.82, 2.24) is 10.2 Å². The van der Waals surface area contributed by atoms with Crippen LogP contribution in [0, 0.1) is 5.82 Å². The molecule has 0 aliphatic carbocycles. The molecule has 0 unspecified atom stereocenters. The van der Waals surface area contributed by atoms with Crippen LogP contribution in [0.5, 0.6) is 0 Å². The summed E-state index contributed by atoms with van der Waals surface area (Å²) in [6.45, 7) is 0.707. The molecular weight excluding hydrogens is 273 g/mol. The van der Waals surface area contributed by atoms with E-state index in [9.17, 15) is 4.39 Å². The van der Waals surface area contributed by atoms with Crippen LogP contribution in [0.4, 0.5) is 9.52 Å². The normalized spacial score (nSPS) is 10.4. The molecule has 0 saturated heterocycles. The second kappa shape index (κ2) is 5.79. The van der Waals surface area contributed by atoms with Crippen LogP contribution in [0.3, 0.4) is 0 Å². The molecule has 0 spiro atoms. The molecule has 0 aliphatic heterocycles. The van der Waals surface area contributed by atoms with Gasteiger partial charge in [0.1, 0.15) is 10.8 Å². The Bertz CT molecular complexity index is 680. The lowest BCUT2D eigenvalue weighted by Crippen LogP contribution is -1.98. The van der Waals surface area contributed by atoms with Crippen molar-refractivity contribution in [2.24, 2.45) is 0 Å². The number of aromatic nitrogens is 2. The molecule has 2 aromatic carbocycles. The third-order valence-electron chi connectivity index (χ3n) is 2.80. The number of benzene rings is 2. The van der Waals surface area contributed by atoms with Crippen molar-refractivity contribution < 1.29 is 4.39 Å². The third-order valence-corrected chi connectivity index (χ3v) is 3.73. The van der Waals surface area contributed by atoms with Crippen LogP contribution in [0.25, 0.3) is 10.6 Å². The maximum atomic E-state index is 12.9. The van der Waals surface area contributed by atoms with E-state index in [4.69, 9.17) is 0 Å². The van der Waals surface area contributed by atoms with Gasteiger partial charge in [-0.25, -0.2) is 4.39 Å². The Labute approximate surface area is 120 Å². The minimum Gasteiger partial charge on any atom is -0.356 e. The van der Waals surface area contributed by atoms with Crippen LogP contribution in [-0.2, 0) is 6.54 Å². The van der Waals surface area contributed by atoms with Crippen molar-refractivity contribution in [3.8, 4) is 10.6 Å². The molecule has 100 valence electrons. The Morgan fingerprint density at radius 3 is 2.45 bits per heavy atom. The number of nitrogens with one attached hydrogen (secondary N) is 1. The van der Waals surface area contributed by atoms with E-state index in [0.717, 1.165) is 15.7 Å². The highest BCUT2D eigenvalue weighted by atomic mass is 32.1. The van der Waals surface area contributed by atoms with Crippen LogP contribution in [-0.4, -0.2) is 10.2 Å². The number of hydrogen-bond acceptors (Lipinski definition) is 4. The zero-order chi connectivity index (χ0) is 13.8. The highest BCUT2D eigenvalue weighted by Gasteiger charge is 2.06. The fraction of sp³-hybridized carbons (Fsp3) is 0.0667. The van der Waals surface area contributed by atoms with E-state index in [1.165, 1.54) is 29.0 Å². The topological polar surface area (TPSA) is 37.8 Å². The van der Waals surface area contributed by atoms with E-state index in [1.54, 1.807) is 12.1 Å². The molecule has 20 heavy (non-hydrogen) atoms. The van der Waals surface area contributed by atoms with Gasteiger partial charge in [-0.15, -0.1) is 10.2 Å². The van der Waals surface area contributed by atoms with Crippen LogP contribution in [0.1, 0.15) is 5.56 Å². The molecule has 0 aliphatic rings. The number of hydrogen-bond donors (Lipinski definition) is 1. The minimum absolute atomic E-state index is 0.249. The first kappa shape index (κ1) is 12.7. The Morgan fingerprint density at radius 2 is 1.70 bits per heavy atom. The summed E-state index contributed by atoms with van der Waals surface area (Å²) in [5.41, 5.74) is 2.06. The van der Waals surface area contributed by atoms with Crippen molar-refractivity contribution in [2.45, 2.75) is 6.54 Å². The van der Waals surface area contributed by atoms with Gasteiger partial charge in [0.25, 0.3) is 0 Å². The SMILES string of the molecule is Fc1ccc(-c2nnc(NCc3ccccc3)s2)cc1. The molecular formula is C15H12FN3S. The van der Waals surface area contributed by atoms with E-state index < -0.39 is 0 Å². The fourth-order valence-corrected chi connectivity index (χ4v) is 2.52. The van der Waals surface area contributed by atoms with Gasteiger partial charge in [0, 0.05) is 12.1 Å². The van der Waals surface area contributed by atoms with Gasteiger partial charge in [-0.05, 0) is 29.8 Å². The number of nitrogens with zero attached hydrogens (tertiary/aromatic N) is 2. The average Bonchev–Trinajstić information content (AvgIpc) is 2.96. The molecule has 1 N–H and O–H groups in total. The lowest BCUT2D eigenvalue weighted by atomic mass is 10.2. The largest absolute Gasteiger partial charge is 0.356 e. The summed E-state index contributed by atoms with van der Waals surface area (Å²) in [5.74, 6) is -0.249. The van der Waals surface area contributed by atoms with E-state index in [1.807, 2.05) is 18.2 Å². The summed E-state index contributed by atoms with van der Waals surface area (Å²) in [6.07, 6.45) is 0. The van der Waals surface area contributed by atoms with Gasteiger partial charge in [-0.2, -0.15) is 0 Å². The van der Waals surface area contributed by atoms with E-state index >= 15 is 0 Å². The van der Waals surface area contributed by atoms with Gasteiger partial charge in [0.2, 0.25) is 5.13 Å². The lowest BCUT2D eigenvalue weighted by molar-refractivity contribution is 0.628. The molecule has 0 bridgehead atoms. The predicted octanol–water partition coefficient (Wildman–Crippen LogP) is 3.96. The van der Waals surface area contributed by atoms with Crippen molar-refractivity contribution >= 4 is 16.5 Å². The Balaban J connectivity index is 1.69. The standard InChI is InChI=1S/C15H12FN3S/c16-13-8-6-12(7-9-13)14-18-19-15(20-14)17-10-11-4-2-1-3-5-11/h1-9H,10H2,(H,17,19). The molecule has 0 atom stereocenters. The Morgan fingerprint density at radius 1 is 0.950 bits per heavy atom. The Kier molecular flexibility index (Phi) is 3.69. The van der Waals surface area contributed by atoms with Gasteiger partial charge >= 0.3 is 0 Å². The highest BCUT2D eigenvalue weighted by Crippen LogP contribution is 2.26. The molecule has 3 nitrogen and oxygen atoms in total. The average molecular weight is 285 g/mol. The van der Waals surface area contributed by atoms with Gasteiger partial charge in [0.05, 0.1) is 0 Å². The van der Waals surface area contributed by atoms with Crippen molar-refractivity contribution in [3.05, 3.63) is 66.0 Å². The second-order valence-electron chi connectivity index (χ2n) is 4.26. The van der Waals surface area contributed by atoms with Gasteiger partial charge < -0.3 is 5.32 Å². The third kappa shape index (κ3) is 3.00. The van der Waals surface area contributed by atoms with E-state index in [2.05, 4.69) is 27.6 Å². The van der Waals surface area contributed by atoms with Gasteiger partial charge in [0.15, 0.2) is 0 Å². The summed E-state index contributed by atoms with van der Waals surface area (Å²) in [7, 11) is 0. The summed E-state index contributed by atoms with van der Waals surface area (Å²) in [5, 5.41) is 13.0. The zero-order valence-corrected chi connectivity index (χ0v) is 11.4. The Hall–Kier alpha value is -2.27. The van der Waals surface area contributed by atoms with Crippen LogP contribution < -0.4 is 5.32 Å². The first-order valence-electron chi connectivity index (χ1n) is 6.18. The van der Waals surface area contributed by atoms with E-state index in [-0.39, 0.29) is 5.82 Å². The maximum Gasteiger partial charge on any atom is 0.206 e. The summed E-state index contributed by atoms with van der Waals surface area (Å²) < 4.78 is 12.9. The van der Waals surface area contributed by atoms with Crippen molar-refractivity contribution in [3.63, 3.8) is 0 Å². The number of anilines is 1. The van der Waals surface area contributed by atoms with Crippen LogP contribution >= 0.6 is 11.3 Å². The zero-order valence-electron chi connectivity index (χ0n) is 10.6. The molecule has 3 rings (SSSR count). The monoisotopic (exact) mass is 285 g/mol. The molecule has 5 heteroatoms. The number of halogens is 1. The predicted molar refractivity (Wildman–Crippen MR) is 79.1 cm³/mol. The van der Waals surface area contributed by atoms with Crippen LogP contribution in [0.2, 0.25) is 0 Å². The van der Waals surface area contributed by atoms with Crippen molar-refractivity contribution in [1.29, 1.82) is 0 Å². The minimum atomic E-state index is -0.249. The summed E-state index contributed by atoms with van der Waals surface area (Å²) in [6, 6.07) is 16.3. The summed E-state index contributed by atoms with van der Waals surface area (Å²) in [4.78, 5) is 0.